The Kier molecular flexibility index (Phi) is 8.50. The van der Waals surface area contributed by atoms with E-state index in [4.69, 9.17) is 0 Å². The van der Waals surface area contributed by atoms with Crippen molar-refractivity contribution in [3.8, 4) is 6.07 Å². The van der Waals surface area contributed by atoms with Gasteiger partial charge in [0.2, 0.25) is 6.41 Å². The summed E-state index contributed by atoms with van der Waals surface area (Å²) in [5.74, 6) is 0.201. The maximum atomic E-state index is 13.3. The topological polar surface area (TPSA) is 64.4 Å². The van der Waals surface area contributed by atoms with Crippen molar-refractivity contribution < 1.29 is 13.4 Å². The number of carbonyl (C=O) groups excluding carboxylic acids is 1. The van der Waals surface area contributed by atoms with Crippen LogP contribution in [0.1, 0.15) is 37.3 Å². The highest BCUT2D eigenvalue weighted by Gasteiger charge is 2.21. The molecule has 1 heterocycles. The molecule has 0 radical (unpaired) electrons. The monoisotopic (exact) mass is 459 g/mol. The molecule has 5 nitrogen and oxygen atoms in total. The predicted molar refractivity (Wildman–Crippen MR) is 124 cm³/mol. The van der Waals surface area contributed by atoms with Crippen LogP contribution in [0.3, 0.4) is 0 Å². The lowest BCUT2D eigenvalue weighted by Gasteiger charge is -2.29. The number of anilines is 1. The van der Waals surface area contributed by atoms with E-state index in [0.29, 0.717) is 28.8 Å². The van der Waals surface area contributed by atoms with Crippen molar-refractivity contribution in [2.24, 2.45) is 0 Å². The molecule has 0 aliphatic carbocycles. The molecule has 1 saturated heterocycles. The Morgan fingerprint density at radius 1 is 1.26 bits per heavy atom. The molecule has 1 aliphatic rings. The van der Waals surface area contributed by atoms with Gasteiger partial charge in [-0.15, -0.1) is 11.8 Å². The Morgan fingerprint density at radius 3 is 2.58 bits per heavy atom. The number of nitrogens with zero attached hydrogens (tertiary/aromatic N) is 3. The summed E-state index contributed by atoms with van der Waals surface area (Å²) in [5.41, 5.74) is 2.12. The summed E-state index contributed by atoms with van der Waals surface area (Å²) in [6, 6.07) is 14.1. The summed E-state index contributed by atoms with van der Waals surface area (Å²) in [4.78, 5) is 13.6. The minimum atomic E-state index is -1.26. The van der Waals surface area contributed by atoms with Crippen molar-refractivity contribution in [1.82, 2.24) is 4.90 Å². The summed E-state index contributed by atoms with van der Waals surface area (Å²) in [7, 11) is -1.26. The van der Waals surface area contributed by atoms with E-state index < -0.39 is 11.0 Å². The zero-order valence-corrected chi connectivity index (χ0v) is 19.1. The molecule has 0 spiro atoms. The third-order valence-corrected chi connectivity index (χ3v) is 8.16. The number of carbonyl (C=O) groups is 1. The smallest absolute Gasteiger partial charge is 0.209 e. The minimum absolute atomic E-state index is 0.308. The SMILES string of the molecule is CCCS(=O)N(Cc1ccc(F)cc1)c1ccc(SC2CCN(C=O)CC2)c(C#N)c1. The van der Waals surface area contributed by atoms with Gasteiger partial charge in [0.1, 0.15) is 22.9 Å². The van der Waals surface area contributed by atoms with E-state index in [0.717, 1.165) is 49.2 Å². The zero-order chi connectivity index (χ0) is 22.2. The van der Waals surface area contributed by atoms with E-state index in [1.54, 1.807) is 39.2 Å². The van der Waals surface area contributed by atoms with Crippen LogP contribution in [0, 0.1) is 17.1 Å². The molecule has 0 N–H and O–H groups in total. The fourth-order valence-corrected chi connectivity index (χ4v) is 5.86. The second-order valence-corrected chi connectivity index (χ2v) is 10.3. The van der Waals surface area contributed by atoms with Gasteiger partial charge in [0.15, 0.2) is 0 Å². The molecule has 1 aliphatic heterocycles. The molecule has 1 fully saturated rings. The van der Waals surface area contributed by atoms with E-state index in [1.807, 2.05) is 19.1 Å². The number of amides is 1. The number of piperidine rings is 1. The van der Waals surface area contributed by atoms with Crippen molar-refractivity contribution in [2.45, 2.75) is 42.9 Å². The molecule has 1 amide bonds. The number of hydrogen-bond donors (Lipinski definition) is 0. The number of halogens is 1. The second-order valence-electron chi connectivity index (χ2n) is 7.44. The maximum absolute atomic E-state index is 13.3. The molecule has 2 aromatic rings. The quantitative estimate of drug-likeness (QED) is 0.518. The zero-order valence-electron chi connectivity index (χ0n) is 17.5. The van der Waals surface area contributed by atoms with Crippen molar-refractivity contribution in [3.63, 3.8) is 0 Å². The van der Waals surface area contributed by atoms with Crippen LogP contribution < -0.4 is 4.31 Å². The largest absolute Gasteiger partial charge is 0.345 e. The Hall–Kier alpha value is -2.37. The van der Waals surface area contributed by atoms with Crippen LogP contribution >= 0.6 is 11.8 Å². The lowest BCUT2D eigenvalue weighted by atomic mass is 10.1. The van der Waals surface area contributed by atoms with Crippen molar-refractivity contribution in [2.75, 3.05) is 23.1 Å². The molecule has 0 saturated carbocycles. The molecular formula is C23H26FN3O2S2. The highest BCUT2D eigenvalue weighted by molar-refractivity contribution is 8.00. The van der Waals surface area contributed by atoms with E-state index in [-0.39, 0.29) is 5.82 Å². The standard InChI is InChI=1S/C23H26FN3O2S2/c1-2-13-31(29)27(16-18-3-5-20(24)6-4-18)21-7-8-23(19(14-21)15-25)30-22-9-11-26(17-28)12-10-22/h3-8,14,17,22H,2,9-13,16H2,1H3. The molecule has 0 bridgehead atoms. The molecular weight excluding hydrogens is 433 g/mol. The average Bonchev–Trinajstić information content (AvgIpc) is 2.79. The van der Waals surface area contributed by atoms with Gasteiger partial charge in [-0.25, -0.2) is 8.60 Å². The van der Waals surface area contributed by atoms with E-state index in [2.05, 4.69) is 6.07 Å². The van der Waals surface area contributed by atoms with Gasteiger partial charge in [0, 0.05) is 29.0 Å². The van der Waals surface area contributed by atoms with Gasteiger partial charge in [-0.05, 0) is 55.2 Å². The van der Waals surface area contributed by atoms with Gasteiger partial charge >= 0.3 is 0 Å². The van der Waals surface area contributed by atoms with Gasteiger partial charge < -0.3 is 4.90 Å². The number of rotatable bonds is 9. The third kappa shape index (κ3) is 6.31. The van der Waals surface area contributed by atoms with Crippen LogP contribution in [0.5, 0.6) is 0 Å². The Bertz CT molecular complexity index is 954. The first-order valence-electron chi connectivity index (χ1n) is 10.3. The van der Waals surface area contributed by atoms with Crippen molar-refractivity contribution in [3.05, 3.63) is 59.4 Å². The number of hydrogen-bond acceptors (Lipinski definition) is 4. The van der Waals surface area contributed by atoms with Gasteiger partial charge in [0.25, 0.3) is 0 Å². The van der Waals surface area contributed by atoms with Gasteiger partial charge in [-0.3, -0.25) is 9.10 Å². The van der Waals surface area contributed by atoms with E-state index in [9.17, 15) is 18.7 Å². The van der Waals surface area contributed by atoms with Crippen molar-refractivity contribution in [1.29, 1.82) is 5.26 Å². The molecule has 31 heavy (non-hydrogen) atoms. The summed E-state index contributed by atoms with van der Waals surface area (Å²) in [6.45, 7) is 3.82. The van der Waals surface area contributed by atoms with Gasteiger partial charge in [-0.2, -0.15) is 5.26 Å². The van der Waals surface area contributed by atoms with E-state index in [1.165, 1.54) is 12.1 Å². The average molecular weight is 460 g/mol. The second kappa shape index (κ2) is 11.3. The number of nitriles is 1. The van der Waals surface area contributed by atoms with Crippen molar-refractivity contribution >= 4 is 34.8 Å². The molecule has 164 valence electrons. The third-order valence-electron chi connectivity index (χ3n) is 5.15. The summed E-state index contributed by atoms with van der Waals surface area (Å²) >= 11 is 1.67. The summed E-state index contributed by atoms with van der Waals surface area (Å²) in [5, 5.41) is 10.1. The van der Waals surface area contributed by atoms with Gasteiger partial charge in [-0.1, -0.05) is 19.1 Å². The molecule has 1 unspecified atom stereocenters. The first-order valence-corrected chi connectivity index (χ1v) is 12.5. The first-order chi connectivity index (χ1) is 15.0. The summed E-state index contributed by atoms with van der Waals surface area (Å²) < 4.78 is 28.0. The Morgan fingerprint density at radius 2 is 1.97 bits per heavy atom. The van der Waals surface area contributed by atoms with Crippen LogP contribution in [-0.4, -0.2) is 39.6 Å². The predicted octanol–water partition coefficient (Wildman–Crippen LogP) is 4.49. The van der Waals surface area contributed by atoms with Gasteiger partial charge in [0.05, 0.1) is 17.8 Å². The first kappa shape index (κ1) is 23.3. The van der Waals surface area contributed by atoms with Crippen LogP contribution in [0.15, 0.2) is 47.4 Å². The van der Waals surface area contributed by atoms with Crippen LogP contribution in [0.25, 0.3) is 0 Å². The maximum Gasteiger partial charge on any atom is 0.209 e. The number of benzene rings is 2. The lowest BCUT2D eigenvalue weighted by molar-refractivity contribution is -0.118. The van der Waals surface area contributed by atoms with Crippen LogP contribution in [-0.2, 0) is 22.3 Å². The Labute approximate surface area is 189 Å². The molecule has 8 heteroatoms. The highest BCUT2D eigenvalue weighted by atomic mass is 32.2. The fraction of sp³-hybridized carbons (Fsp3) is 0.391. The molecule has 3 rings (SSSR count). The van der Waals surface area contributed by atoms with Crippen LogP contribution in [0.2, 0.25) is 0 Å². The summed E-state index contributed by atoms with van der Waals surface area (Å²) in [6.07, 6.45) is 3.45. The molecule has 0 aromatic heterocycles. The lowest BCUT2D eigenvalue weighted by Crippen LogP contribution is -2.33. The molecule has 2 aromatic carbocycles. The van der Waals surface area contributed by atoms with Crippen LogP contribution in [0.4, 0.5) is 10.1 Å². The normalized spacial score (nSPS) is 15.3. The number of thioether (sulfide) groups is 1. The Balaban J connectivity index is 1.80. The molecule has 1 atom stereocenters. The minimum Gasteiger partial charge on any atom is -0.345 e. The van der Waals surface area contributed by atoms with E-state index >= 15 is 0 Å². The number of likely N-dealkylation sites (tertiary alicyclic amines) is 1. The highest BCUT2D eigenvalue weighted by Crippen LogP contribution is 2.34. The fourth-order valence-electron chi connectivity index (χ4n) is 3.46.